The molecule has 0 aromatic carbocycles. The highest BCUT2D eigenvalue weighted by atomic mass is 35.5. The molecule has 0 aromatic heterocycles. The minimum atomic E-state index is 0.226. The van der Waals surface area contributed by atoms with Gasteiger partial charge in [-0.2, -0.15) is 0 Å². The van der Waals surface area contributed by atoms with E-state index in [-0.39, 0.29) is 5.92 Å². The normalized spacial score (nSPS) is 17.2. The molecule has 1 aliphatic rings. The van der Waals surface area contributed by atoms with Gasteiger partial charge in [-0.05, 0) is 25.7 Å². The van der Waals surface area contributed by atoms with Crippen molar-refractivity contribution in [3.05, 3.63) is 0 Å². The maximum absolute atomic E-state index is 12.3. The molecule has 94 valence electrons. The first-order valence-electron chi connectivity index (χ1n) is 6.61. The Kier molecular flexibility index (Phi) is 6.18. The number of unbranched alkanes of at least 4 members (excludes halogenated alkanes) is 1. The lowest BCUT2D eigenvalue weighted by Gasteiger charge is -2.26. The van der Waals surface area contributed by atoms with Crippen molar-refractivity contribution < 1.29 is 4.79 Å². The summed E-state index contributed by atoms with van der Waals surface area (Å²) in [5, 5.41) is 0. The summed E-state index contributed by atoms with van der Waals surface area (Å²) >= 11 is 5.77. The van der Waals surface area contributed by atoms with E-state index in [9.17, 15) is 4.79 Å². The van der Waals surface area contributed by atoms with Gasteiger partial charge in [-0.25, -0.2) is 0 Å². The zero-order chi connectivity index (χ0) is 12.0. The van der Waals surface area contributed by atoms with E-state index in [0.29, 0.717) is 17.8 Å². The molecule has 0 spiro atoms. The van der Waals surface area contributed by atoms with Crippen molar-refractivity contribution in [2.75, 3.05) is 12.4 Å². The van der Waals surface area contributed by atoms with Crippen LogP contribution in [0.5, 0.6) is 0 Å². The number of nitrogens with zero attached hydrogens (tertiary/aromatic N) is 1. The molecule has 16 heavy (non-hydrogen) atoms. The van der Waals surface area contributed by atoms with Gasteiger partial charge in [-0.1, -0.05) is 26.7 Å². The third kappa shape index (κ3) is 3.97. The molecule has 1 fully saturated rings. The largest absolute Gasteiger partial charge is 0.338 e. The average Bonchev–Trinajstić information content (AvgIpc) is 3.10. The number of carbonyl (C=O) groups excluding carboxylic acids is 1. The molecule has 1 rings (SSSR count). The highest BCUT2D eigenvalue weighted by molar-refractivity contribution is 6.18. The molecular formula is C13H24ClNO. The van der Waals surface area contributed by atoms with Gasteiger partial charge >= 0.3 is 0 Å². The Labute approximate surface area is 104 Å². The van der Waals surface area contributed by atoms with Crippen LogP contribution in [0.1, 0.15) is 52.4 Å². The number of amides is 1. The molecule has 3 heteroatoms. The van der Waals surface area contributed by atoms with E-state index in [4.69, 9.17) is 11.6 Å². The van der Waals surface area contributed by atoms with Crippen LogP contribution in [0.2, 0.25) is 0 Å². The predicted molar refractivity (Wildman–Crippen MR) is 68.8 cm³/mol. The van der Waals surface area contributed by atoms with Gasteiger partial charge in [0, 0.05) is 24.4 Å². The number of rotatable bonds is 8. The zero-order valence-electron chi connectivity index (χ0n) is 10.5. The second kappa shape index (κ2) is 7.16. The van der Waals surface area contributed by atoms with Crippen molar-refractivity contribution in [2.24, 2.45) is 5.92 Å². The molecule has 0 aromatic rings. The molecule has 0 aliphatic heterocycles. The number of alkyl halides is 1. The molecule has 1 amide bonds. The maximum Gasteiger partial charge on any atom is 0.225 e. The average molecular weight is 246 g/mol. The fourth-order valence-electron chi connectivity index (χ4n) is 2.14. The van der Waals surface area contributed by atoms with E-state index in [1.807, 2.05) is 4.90 Å². The summed E-state index contributed by atoms with van der Waals surface area (Å²) in [4.78, 5) is 14.3. The van der Waals surface area contributed by atoms with Crippen LogP contribution < -0.4 is 0 Å². The maximum atomic E-state index is 12.3. The monoisotopic (exact) mass is 245 g/mol. The van der Waals surface area contributed by atoms with Crippen LogP contribution in [0.4, 0.5) is 0 Å². The Morgan fingerprint density at radius 2 is 2.12 bits per heavy atom. The van der Waals surface area contributed by atoms with Crippen molar-refractivity contribution in [2.45, 2.75) is 58.4 Å². The Morgan fingerprint density at radius 1 is 1.44 bits per heavy atom. The summed E-state index contributed by atoms with van der Waals surface area (Å²) < 4.78 is 0. The quantitative estimate of drug-likeness (QED) is 0.600. The summed E-state index contributed by atoms with van der Waals surface area (Å²) in [7, 11) is 0. The Morgan fingerprint density at radius 3 is 2.56 bits per heavy atom. The molecular weight excluding hydrogens is 222 g/mol. The molecule has 1 saturated carbocycles. The topological polar surface area (TPSA) is 20.3 Å². The first kappa shape index (κ1) is 13.8. The lowest BCUT2D eigenvalue weighted by atomic mass is 9.97. The number of halogens is 1. The van der Waals surface area contributed by atoms with Crippen LogP contribution in [0.3, 0.4) is 0 Å². The minimum absolute atomic E-state index is 0.226. The summed E-state index contributed by atoms with van der Waals surface area (Å²) in [5.41, 5.74) is 0. The molecule has 2 nitrogen and oxygen atoms in total. The first-order chi connectivity index (χ1) is 7.74. The van der Waals surface area contributed by atoms with Crippen LogP contribution in [0.15, 0.2) is 0 Å². The lowest BCUT2D eigenvalue weighted by molar-refractivity contribution is -0.136. The van der Waals surface area contributed by atoms with Crippen LogP contribution in [-0.2, 0) is 4.79 Å². The molecule has 0 saturated heterocycles. The van der Waals surface area contributed by atoms with Gasteiger partial charge in [-0.3, -0.25) is 4.79 Å². The molecule has 0 heterocycles. The van der Waals surface area contributed by atoms with E-state index in [1.54, 1.807) is 0 Å². The molecule has 1 atom stereocenters. The van der Waals surface area contributed by atoms with Gasteiger partial charge in [-0.15, -0.1) is 11.6 Å². The van der Waals surface area contributed by atoms with E-state index in [0.717, 1.165) is 25.8 Å². The first-order valence-corrected chi connectivity index (χ1v) is 7.14. The number of hydrogen-bond acceptors (Lipinski definition) is 1. The second-order valence-corrected chi connectivity index (χ2v) is 5.08. The van der Waals surface area contributed by atoms with Gasteiger partial charge < -0.3 is 4.90 Å². The summed E-state index contributed by atoms with van der Waals surface area (Å²) in [5.74, 6) is 1.13. The van der Waals surface area contributed by atoms with Gasteiger partial charge in [0.05, 0.1) is 0 Å². The van der Waals surface area contributed by atoms with Gasteiger partial charge in [0.1, 0.15) is 0 Å². The zero-order valence-corrected chi connectivity index (χ0v) is 11.3. The SMILES string of the molecule is CCCCC(CC)C(=O)N(CCCl)C1CC1. The van der Waals surface area contributed by atoms with Crippen LogP contribution >= 0.6 is 11.6 Å². The van der Waals surface area contributed by atoms with Crippen molar-refractivity contribution in [3.63, 3.8) is 0 Å². The molecule has 0 N–H and O–H groups in total. The Hall–Kier alpha value is -0.240. The van der Waals surface area contributed by atoms with Gasteiger partial charge in [0.15, 0.2) is 0 Å². The number of hydrogen-bond donors (Lipinski definition) is 0. The van der Waals surface area contributed by atoms with Crippen LogP contribution in [0.25, 0.3) is 0 Å². The smallest absolute Gasteiger partial charge is 0.225 e. The second-order valence-electron chi connectivity index (χ2n) is 4.70. The standard InChI is InChI=1S/C13H24ClNO/c1-3-5-6-11(4-2)13(16)15(10-9-14)12-7-8-12/h11-12H,3-10H2,1-2H3. The van der Waals surface area contributed by atoms with Gasteiger partial charge in [0.25, 0.3) is 0 Å². The third-order valence-electron chi connectivity index (χ3n) is 3.34. The minimum Gasteiger partial charge on any atom is -0.338 e. The highest BCUT2D eigenvalue weighted by Crippen LogP contribution is 2.29. The van der Waals surface area contributed by atoms with E-state index >= 15 is 0 Å². The number of carbonyl (C=O) groups is 1. The van der Waals surface area contributed by atoms with Crippen LogP contribution in [-0.4, -0.2) is 29.3 Å². The van der Waals surface area contributed by atoms with E-state index in [2.05, 4.69) is 13.8 Å². The predicted octanol–water partition coefficient (Wildman–Crippen LogP) is 3.43. The molecule has 1 unspecified atom stereocenters. The molecule has 1 aliphatic carbocycles. The molecule has 0 bridgehead atoms. The fraction of sp³-hybridized carbons (Fsp3) is 0.923. The van der Waals surface area contributed by atoms with Gasteiger partial charge in [0.2, 0.25) is 5.91 Å². The van der Waals surface area contributed by atoms with Crippen LogP contribution in [0, 0.1) is 5.92 Å². The van der Waals surface area contributed by atoms with E-state index in [1.165, 1.54) is 19.3 Å². The summed E-state index contributed by atoms with van der Waals surface area (Å²) in [6.45, 7) is 5.02. The lowest BCUT2D eigenvalue weighted by Crippen LogP contribution is -2.39. The van der Waals surface area contributed by atoms with Crippen molar-refractivity contribution in [3.8, 4) is 0 Å². The van der Waals surface area contributed by atoms with Crippen molar-refractivity contribution in [1.82, 2.24) is 4.90 Å². The van der Waals surface area contributed by atoms with Crippen molar-refractivity contribution in [1.29, 1.82) is 0 Å². The molecule has 0 radical (unpaired) electrons. The van der Waals surface area contributed by atoms with Crippen molar-refractivity contribution >= 4 is 17.5 Å². The Bertz CT molecular complexity index is 216. The van der Waals surface area contributed by atoms with E-state index < -0.39 is 0 Å². The third-order valence-corrected chi connectivity index (χ3v) is 3.51. The highest BCUT2D eigenvalue weighted by Gasteiger charge is 2.34. The summed E-state index contributed by atoms with van der Waals surface area (Å²) in [6.07, 6.45) is 6.67. The fourth-order valence-corrected chi connectivity index (χ4v) is 2.32. The summed E-state index contributed by atoms with van der Waals surface area (Å²) in [6, 6.07) is 0.502. The Balaban J connectivity index is 2.48.